The van der Waals surface area contributed by atoms with Gasteiger partial charge in [-0.3, -0.25) is 4.79 Å². The van der Waals surface area contributed by atoms with Crippen molar-refractivity contribution in [2.24, 2.45) is 5.73 Å². The van der Waals surface area contributed by atoms with Crippen molar-refractivity contribution < 1.29 is 17.4 Å². The van der Waals surface area contributed by atoms with Crippen LogP contribution in [0, 0.1) is 0 Å². The molecule has 0 amide bonds. The number of carbonyl (C=O) groups excluding carboxylic acids is 1. The van der Waals surface area contributed by atoms with E-state index in [1.165, 1.54) is 0 Å². The molecule has 5 nitrogen and oxygen atoms in total. The fourth-order valence-electron chi connectivity index (χ4n) is 0.365. The molecule has 0 radical (unpaired) electrons. The molecular weight excluding hydrogens is 181 g/mol. The Hall–Kier alpha value is 0.380. The molecule has 0 heterocycles. The summed E-state index contributed by atoms with van der Waals surface area (Å²) >= 11 is 0. The van der Waals surface area contributed by atoms with Crippen molar-refractivity contribution in [2.75, 3.05) is 12.3 Å². The summed E-state index contributed by atoms with van der Waals surface area (Å²) in [5.74, 6) is -1.17. The van der Waals surface area contributed by atoms with Crippen LogP contribution in [0.1, 0.15) is 6.92 Å². The number of carbonyl (C=O) groups is 1. The van der Waals surface area contributed by atoms with Crippen molar-refractivity contribution in [3.05, 3.63) is 0 Å². The Morgan fingerprint density at radius 2 is 2.00 bits per heavy atom. The summed E-state index contributed by atoms with van der Waals surface area (Å²) in [5, 5.41) is 0. The number of nitrogens with two attached hydrogens (primary N) is 1. The van der Waals surface area contributed by atoms with Crippen LogP contribution in [-0.2, 0) is 19.1 Å². The van der Waals surface area contributed by atoms with Crippen LogP contribution in [0.15, 0.2) is 0 Å². The molecule has 0 aromatic rings. The van der Waals surface area contributed by atoms with Crippen LogP contribution in [0.4, 0.5) is 0 Å². The SMILES string of the molecule is CC(=O)OS(=O)(=O)CCN.[NaH]. The van der Waals surface area contributed by atoms with E-state index in [1.54, 1.807) is 0 Å². The van der Waals surface area contributed by atoms with Crippen molar-refractivity contribution in [3.63, 3.8) is 0 Å². The van der Waals surface area contributed by atoms with Crippen LogP contribution < -0.4 is 5.73 Å². The van der Waals surface area contributed by atoms with Gasteiger partial charge in [0.2, 0.25) is 0 Å². The molecule has 2 N–H and O–H groups in total. The zero-order valence-electron chi connectivity index (χ0n) is 5.53. The zero-order chi connectivity index (χ0) is 8.20. The van der Waals surface area contributed by atoms with E-state index in [2.05, 4.69) is 4.18 Å². The Balaban J connectivity index is 0. The Labute approximate surface area is 87.7 Å². The molecule has 0 aliphatic carbocycles. The average Bonchev–Trinajstić information content (AvgIpc) is 1.59. The minimum absolute atomic E-state index is 0. The van der Waals surface area contributed by atoms with Gasteiger partial charge >= 0.3 is 45.6 Å². The normalized spacial score (nSPS) is 10.0. The predicted octanol–water partition coefficient (Wildman–Crippen LogP) is -1.81. The van der Waals surface area contributed by atoms with Crippen LogP contribution in [0.3, 0.4) is 0 Å². The number of hydrogen-bond donors (Lipinski definition) is 1. The molecule has 0 aromatic heterocycles. The second-order valence-corrected chi connectivity index (χ2v) is 3.32. The van der Waals surface area contributed by atoms with Crippen LogP contribution >= 0.6 is 0 Å². The summed E-state index contributed by atoms with van der Waals surface area (Å²) < 4.78 is 25.0. The number of hydrogen-bond acceptors (Lipinski definition) is 5. The molecule has 0 unspecified atom stereocenters. The van der Waals surface area contributed by atoms with Gasteiger partial charge in [-0.1, -0.05) is 0 Å². The molecular formula is C4H10NNaO4S. The van der Waals surface area contributed by atoms with Crippen LogP contribution in [0.2, 0.25) is 0 Å². The quantitative estimate of drug-likeness (QED) is 0.419. The van der Waals surface area contributed by atoms with Gasteiger partial charge in [0.05, 0.1) is 5.75 Å². The molecule has 0 spiro atoms. The monoisotopic (exact) mass is 191 g/mol. The summed E-state index contributed by atoms with van der Waals surface area (Å²) in [5.41, 5.74) is 4.92. The van der Waals surface area contributed by atoms with Gasteiger partial charge in [-0.15, -0.1) is 0 Å². The molecule has 7 heteroatoms. The fraction of sp³-hybridized carbons (Fsp3) is 0.750. The van der Waals surface area contributed by atoms with E-state index >= 15 is 0 Å². The molecule has 0 aliphatic rings. The Morgan fingerprint density at radius 3 is 2.27 bits per heavy atom. The third-order valence-electron chi connectivity index (χ3n) is 0.612. The van der Waals surface area contributed by atoms with Crippen molar-refractivity contribution in [1.29, 1.82) is 0 Å². The van der Waals surface area contributed by atoms with Crippen LogP contribution in [-0.4, -0.2) is 56.2 Å². The molecule has 0 atom stereocenters. The van der Waals surface area contributed by atoms with Gasteiger partial charge < -0.3 is 9.92 Å². The standard InChI is InChI=1S/C4H9NO4S.Na.H/c1-4(6)9-10(7,8)3-2-5;;/h2-3,5H2,1H3;;. The van der Waals surface area contributed by atoms with Crippen molar-refractivity contribution in [3.8, 4) is 0 Å². The first kappa shape index (κ1) is 13.9. The molecule has 0 aliphatic heterocycles. The predicted molar refractivity (Wildman–Crippen MR) is 41.8 cm³/mol. The maximum atomic E-state index is 10.5. The third-order valence-corrected chi connectivity index (χ3v) is 1.84. The van der Waals surface area contributed by atoms with E-state index in [-0.39, 0.29) is 41.9 Å². The molecule has 0 saturated heterocycles. The van der Waals surface area contributed by atoms with E-state index in [0.29, 0.717) is 0 Å². The molecule has 11 heavy (non-hydrogen) atoms. The van der Waals surface area contributed by atoms with Gasteiger partial charge in [0.1, 0.15) is 0 Å². The van der Waals surface area contributed by atoms with Gasteiger partial charge in [-0.25, -0.2) is 0 Å². The van der Waals surface area contributed by atoms with Crippen molar-refractivity contribution in [2.45, 2.75) is 6.92 Å². The van der Waals surface area contributed by atoms with E-state index in [0.717, 1.165) is 6.92 Å². The van der Waals surface area contributed by atoms with Crippen molar-refractivity contribution >= 4 is 45.6 Å². The van der Waals surface area contributed by atoms with Gasteiger partial charge in [0, 0.05) is 13.5 Å². The fourth-order valence-corrected chi connectivity index (χ4v) is 1.09. The van der Waals surface area contributed by atoms with Gasteiger partial charge in [-0.2, -0.15) is 8.42 Å². The van der Waals surface area contributed by atoms with Gasteiger partial charge in [0.15, 0.2) is 0 Å². The second kappa shape index (κ2) is 5.96. The summed E-state index contributed by atoms with van der Waals surface area (Å²) in [6.07, 6.45) is 0. The topological polar surface area (TPSA) is 86.5 Å². The number of rotatable bonds is 3. The first-order chi connectivity index (χ1) is 4.48. The second-order valence-electron chi connectivity index (χ2n) is 1.63. The first-order valence-electron chi connectivity index (χ1n) is 2.61. The van der Waals surface area contributed by atoms with Gasteiger partial charge in [0.25, 0.3) is 0 Å². The van der Waals surface area contributed by atoms with E-state index in [4.69, 9.17) is 5.73 Å². The van der Waals surface area contributed by atoms with Gasteiger partial charge in [-0.05, 0) is 0 Å². The molecule has 0 aromatic carbocycles. The summed E-state index contributed by atoms with van der Waals surface area (Å²) in [4.78, 5) is 10.1. The molecule has 0 rings (SSSR count). The first-order valence-corrected chi connectivity index (χ1v) is 4.18. The third kappa shape index (κ3) is 8.28. The molecule has 0 fully saturated rings. The minimum atomic E-state index is -3.71. The summed E-state index contributed by atoms with van der Waals surface area (Å²) in [6.45, 7) is 0.976. The van der Waals surface area contributed by atoms with Crippen LogP contribution in [0.5, 0.6) is 0 Å². The van der Waals surface area contributed by atoms with Crippen molar-refractivity contribution in [1.82, 2.24) is 0 Å². The van der Waals surface area contributed by atoms with E-state index in [1.807, 2.05) is 0 Å². The average molecular weight is 191 g/mol. The molecule has 0 bridgehead atoms. The van der Waals surface area contributed by atoms with Crippen LogP contribution in [0.25, 0.3) is 0 Å². The van der Waals surface area contributed by atoms with E-state index in [9.17, 15) is 13.2 Å². The zero-order valence-corrected chi connectivity index (χ0v) is 6.35. The Bertz CT molecular complexity index is 212. The maximum absolute atomic E-state index is 10.5. The summed E-state index contributed by atoms with van der Waals surface area (Å²) in [7, 11) is -3.71. The summed E-state index contributed by atoms with van der Waals surface area (Å²) in [6, 6.07) is 0. The Kier molecular flexibility index (Phi) is 7.55. The molecule has 0 saturated carbocycles. The van der Waals surface area contributed by atoms with E-state index < -0.39 is 16.1 Å². The molecule has 62 valence electrons. The Morgan fingerprint density at radius 1 is 1.55 bits per heavy atom.